The molecular formula is C34H51N3O6. The van der Waals surface area contributed by atoms with Crippen LogP contribution in [0.5, 0.6) is 0 Å². The molecule has 0 aromatic rings. The Labute approximate surface area is 256 Å². The third kappa shape index (κ3) is 6.36. The van der Waals surface area contributed by atoms with Crippen LogP contribution in [0.25, 0.3) is 0 Å². The summed E-state index contributed by atoms with van der Waals surface area (Å²) in [5.74, 6) is 2.04. The molecule has 43 heavy (non-hydrogen) atoms. The molecule has 0 heterocycles. The molecule has 3 fully saturated rings. The highest BCUT2D eigenvalue weighted by molar-refractivity contribution is 5.96. The second-order valence-electron chi connectivity index (χ2n) is 14.7. The van der Waals surface area contributed by atoms with E-state index < -0.39 is 35.5 Å². The summed E-state index contributed by atoms with van der Waals surface area (Å²) in [6.07, 6.45) is 15.8. The van der Waals surface area contributed by atoms with E-state index in [1.807, 2.05) is 13.8 Å². The van der Waals surface area contributed by atoms with E-state index in [4.69, 9.17) is 11.3 Å². The number of carboxylic acids is 1. The molecular weight excluding hydrogens is 546 g/mol. The van der Waals surface area contributed by atoms with Crippen LogP contribution in [0, 0.1) is 52.8 Å². The summed E-state index contributed by atoms with van der Waals surface area (Å²) in [7, 11) is 0. The molecule has 3 saturated carbocycles. The minimum Gasteiger partial charge on any atom is -0.480 e. The van der Waals surface area contributed by atoms with Crippen LogP contribution in [0.3, 0.4) is 0 Å². The minimum absolute atomic E-state index is 0.0821. The highest BCUT2D eigenvalue weighted by Gasteiger charge is 2.63. The number of aliphatic carboxylic acids is 1. The lowest BCUT2D eigenvalue weighted by Crippen LogP contribution is -2.54. The molecule has 0 aromatic carbocycles. The maximum absolute atomic E-state index is 12.8. The van der Waals surface area contributed by atoms with Gasteiger partial charge < -0.3 is 25.7 Å². The molecule has 0 spiro atoms. The number of nitrogens with zero attached hydrogens (tertiary/aromatic N) is 1. The van der Waals surface area contributed by atoms with Crippen LogP contribution < -0.4 is 10.6 Å². The molecule has 4 N–H and O–H groups in total. The first-order valence-electron chi connectivity index (χ1n) is 16.1. The largest absolute Gasteiger partial charge is 0.480 e. The molecule has 0 aliphatic heterocycles. The van der Waals surface area contributed by atoms with Crippen molar-refractivity contribution >= 4 is 23.5 Å². The van der Waals surface area contributed by atoms with E-state index >= 15 is 0 Å². The van der Waals surface area contributed by atoms with Crippen molar-refractivity contribution in [2.24, 2.45) is 45.6 Å². The summed E-state index contributed by atoms with van der Waals surface area (Å²) in [6.45, 7) is 11.6. The first kappa shape index (κ1) is 33.0. The highest BCUT2D eigenvalue weighted by Crippen LogP contribution is 2.67. The lowest BCUT2D eigenvalue weighted by atomic mass is 9.46. The summed E-state index contributed by atoms with van der Waals surface area (Å²) < 4.78 is 0. The van der Waals surface area contributed by atoms with E-state index in [0.29, 0.717) is 30.6 Å². The van der Waals surface area contributed by atoms with Crippen molar-refractivity contribution in [1.29, 1.82) is 0 Å². The summed E-state index contributed by atoms with van der Waals surface area (Å²) in [4.78, 5) is 42.6. The van der Waals surface area contributed by atoms with Crippen molar-refractivity contribution in [2.75, 3.05) is 6.61 Å². The Morgan fingerprint density at radius 1 is 1.07 bits per heavy atom. The predicted molar refractivity (Wildman–Crippen MR) is 165 cm³/mol. The fraction of sp³-hybridized carbons (Fsp3) is 0.765. The number of allylic oxidation sites excluding steroid dienone is 2. The normalized spacial score (nSPS) is 35.6. The average Bonchev–Trinajstić information content (AvgIpc) is 3.21. The number of fused-ring (bicyclic) bond motifs is 5. The zero-order valence-corrected chi connectivity index (χ0v) is 26.7. The van der Waals surface area contributed by atoms with Crippen molar-refractivity contribution in [3.63, 3.8) is 0 Å². The monoisotopic (exact) mass is 597 g/mol. The van der Waals surface area contributed by atoms with Gasteiger partial charge in [-0.2, -0.15) is 0 Å². The van der Waals surface area contributed by atoms with Gasteiger partial charge in [0.1, 0.15) is 17.7 Å². The van der Waals surface area contributed by atoms with Gasteiger partial charge in [-0.05, 0) is 98.9 Å². The van der Waals surface area contributed by atoms with Crippen LogP contribution in [-0.2, 0) is 19.2 Å². The Kier molecular flexibility index (Phi) is 9.71. The highest BCUT2D eigenvalue weighted by atomic mass is 16.6. The molecule has 0 unspecified atom stereocenters. The standard InChI is InChI=1S/C34H51N3O6/c1-8-34(42)16-13-26-24-10-9-22-18-23(11-14-32(22,6)25(24)12-15-33(26,34)7)37-43-19-28(38)36-29(21(4)5)30(39)35-27(31(40)41)17-20(2)3/h1,18,20-21,24-27,29,42H,9-17,19H2,2-7H3,(H,35,39)(H,36,38)(H,40,41)/b37-23-/t24-,25-,26-,27-,29+,32+,33+,34-/m1/s1. The van der Waals surface area contributed by atoms with Crippen molar-refractivity contribution in [1.82, 2.24) is 10.6 Å². The van der Waals surface area contributed by atoms with Gasteiger partial charge in [-0.1, -0.05) is 58.2 Å². The smallest absolute Gasteiger partial charge is 0.326 e. The van der Waals surface area contributed by atoms with Crippen molar-refractivity contribution in [2.45, 2.75) is 117 Å². The van der Waals surface area contributed by atoms with Crippen molar-refractivity contribution in [3.05, 3.63) is 11.6 Å². The molecule has 0 aromatic heterocycles. The van der Waals surface area contributed by atoms with Gasteiger partial charge in [-0.15, -0.1) is 6.42 Å². The number of carbonyl (C=O) groups excluding carboxylic acids is 2. The summed E-state index contributed by atoms with van der Waals surface area (Å²) in [6, 6.07) is -1.91. The molecule has 0 saturated heterocycles. The van der Waals surface area contributed by atoms with Gasteiger partial charge in [0.05, 0.1) is 5.71 Å². The van der Waals surface area contributed by atoms with E-state index in [1.54, 1.807) is 13.8 Å². The maximum atomic E-state index is 12.8. The third-order valence-electron chi connectivity index (χ3n) is 11.3. The molecule has 0 radical (unpaired) electrons. The number of nitrogens with one attached hydrogen (secondary N) is 2. The van der Waals surface area contributed by atoms with Crippen molar-refractivity contribution in [3.8, 4) is 12.3 Å². The molecule has 4 aliphatic carbocycles. The van der Waals surface area contributed by atoms with E-state index in [-0.39, 0.29) is 29.3 Å². The Bertz CT molecular complexity index is 1200. The number of carboxylic acid groups (broad SMARTS) is 1. The van der Waals surface area contributed by atoms with Crippen molar-refractivity contribution < 1.29 is 29.4 Å². The molecule has 2 amide bonds. The second kappa shape index (κ2) is 12.6. The molecule has 9 heteroatoms. The topological polar surface area (TPSA) is 137 Å². The van der Waals surface area contributed by atoms with Crippen LogP contribution in [0.4, 0.5) is 0 Å². The maximum Gasteiger partial charge on any atom is 0.326 e. The number of hydrogen-bond acceptors (Lipinski definition) is 6. The number of hydrogen-bond donors (Lipinski definition) is 4. The Hall–Kier alpha value is -2.86. The van der Waals surface area contributed by atoms with Crippen LogP contribution >= 0.6 is 0 Å². The fourth-order valence-corrected chi connectivity index (χ4v) is 8.77. The number of oxime groups is 1. The van der Waals surface area contributed by atoms with Crippen LogP contribution in [0.1, 0.15) is 99.3 Å². The lowest BCUT2D eigenvalue weighted by Gasteiger charge is -2.58. The quantitative estimate of drug-likeness (QED) is 0.217. The molecule has 4 aliphatic rings. The number of amides is 2. The zero-order valence-electron chi connectivity index (χ0n) is 26.7. The van der Waals surface area contributed by atoms with Gasteiger partial charge in [0, 0.05) is 5.41 Å². The van der Waals surface area contributed by atoms with Gasteiger partial charge in [0.2, 0.25) is 5.91 Å². The van der Waals surface area contributed by atoms with Gasteiger partial charge in [-0.25, -0.2) is 4.79 Å². The van der Waals surface area contributed by atoms with E-state index in [1.165, 1.54) is 5.57 Å². The van der Waals surface area contributed by atoms with Crippen LogP contribution in [-0.4, -0.2) is 58.0 Å². The summed E-state index contributed by atoms with van der Waals surface area (Å²) in [5.41, 5.74) is 1.09. The van der Waals surface area contributed by atoms with Gasteiger partial charge in [-0.3, -0.25) is 9.59 Å². The first-order valence-corrected chi connectivity index (χ1v) is 16.1. The predicted octanol–water partition coefficient (Wildman–Crippen LogP) is 4.44. The lowest BCUT2D eigenvalue weighted by molar-refractivity contribution is -0.143. The number of aliphatic hydroxyl groups is 1. The molecule has 9 nitrogen and oxygen atoms in total. The summed E-state index contributed by atoms with van der Waals surface area (Å²) in [5, 5.41) is 30.2. The second-order valence-corrected chi connectivity index (χ2v) is 14.7. The summed E-state index contributed by atoms with van der Waals surface area (Å²) >= 11 is 0. The minimum atomic E-state index is -1.10. The molecule has 4 rings (SSSR count). The van der Waals surface area contributed by atoms with Crippen LogP contribution in [0.2, 0.25) is 0 Å². The fourth-order valence-electron chi connectivity index (χ4n) is 8.77. The first-order chi connectivity index (χ1) is 20.1. The van der Waals surface area contributed by atoms with Gasteiger partial charge in [0.15, 0.2) is 6.61 Å². The van der Waals surface area contributed by atoms with E-state index in [0.717, 1.165) is 50.7 Å². The van der Waals surface area contributed by atoms with E-state index in [2.05, 4.69) is 41.6 Å². The van der Waals surface area contributed by atoms with Gasteiger partial charge >= 0.3 is 5.97 Å². The van der Waals surface area contributed by atoms with Crippen LogP contribution in [0.15, 0.2) is 16.8 Å². The van der Waals surface area contributed by atoms with E-state index in [9.17, 15) is 24.6 Å². The SMILES string of the molecule is C#C[C@@]1(O)CC[C@@H]2[C@@H]3CCC4=C/C(=N\OCC(=O)N[C@H](C(=O)N[C@H](CC(C)C)C(=O)O)C(C)C)CC[C@]4(C)[C@@H]3CC[C@@]21C. The Morgan fingerprint density at radius 3 is 2.40 bits per heavy atom. The Morgan fingerprint density at radius 2 is 1.77 bits per heavy atom. The number of terminal acetylenes is 1. The average molecular weight is 598 g/mol. The molecule has 238 valence electrons. The third-order valence-corrected chi connectivity index (χ3v) is 11.3. The molecule has 8 atom stereocenters. The Balaban J connectivity index is 1.35. The number of rotatable bonds is 10. The van der Waals surface area contributed by atoms with Gasteiger partial charge in [0.25, 0.3) is 5.91 Å². The number of carbonyl (C=O) groups is 3. The molecule has 0 bridgehead atoms. The zero-order chi connectivity index (χ0) is 31.7.